The van der Waals surface area contributed by atoms with Crippen molar-refractivity contribution in [3.63, 3.8) is 0 Å². The van der Waals surface area contributed by atoms with Gasteiger partial charge in [-0.15, -0.1) is 0 Å². The minimum atomic E-state index is -1.22. The molecule has 0 aromatic carbocycles. The van der Waals surface area contributed by atoms with E-state index in [1.54, 1.807) is 14.2 Å². The van der Waals surface area contributed by atoms with Crippen molar-refractivity contribution in [1.29, 1.82) is 0 Å². The SMILES string of the molecule is CO[Si](OC)C(C)=C[Si]C(N(C)C)N(C)C. The van der Waals surface area contributed by atoms with Crippen molar-refractivity contribution in [2.45, 2.75) is 12.7 Å². The summed E-state index contributed by atoms with van der Waals surface area (Å²) in [6, 6.07) is 0. The van der Waals surface area contributed by atoms with E-state index in [9.17, 15) is 0 Å². The molecule has 0 aromatic heterocycles. The Morgan fingerprint density at radius 3 is 1.88 bits per heavy atom. The minimum absolute atomic E-state index is 0.437. The minimum Gasteiger partial charge on any atom is -0.393 e. The van der Waals surface area contributed by atoms with Crippen LogP contribution in [-0.4, -0.2) is 76.8 Å². The fourth-order valence-corrected chi connectivity index (χ4v) is 3.95. The van der Waals surface area contributed by atoms with Crippen molar-refractivity contribution < 1.29 is 8.85 Å². The Morgan fingerprint density at radius 1 is 1.12 bits per heavy atom. The molecule has 0 atom stereocenters. The van der Waals surface area contributed by atoms with E-state index in [2.05, 4.69) is 50.6 Å². The Kier molecular flexibility index (Phi) is 8.16. The Balaban J connectivity index is 4.42. The second kappa shape index (κ2) is 8.16. The van der Waals surface area contributed by atoms with Crippen LogP contribution in [0.1, 0.15) is 6.92 Å². The van der Waals surface area contributed by atoms with Gasteiger partial charge >= 0.3 is 9.28 Å². The highest BCUT2D eigenvalue weighted by atomic mass is 28.3. The zero-order chi connectivity index (χ0) is 12.7. The number of allylic oxidation sites excluding steroid dienone is 1. The van der Waals surface area contributed by atoms with E-state index >= 15 is 0 Å². The predicted molar refractivity (Wildman–Crippen MR) is 70.4 cm³/mol. The van der Waals surface area contributed by atoms with Gasteiger partial charge in [0.2, 0.25) is 0 Å². The smallest absolute Gasteiger partial charge is 0.393 e. The maximum Gasteiger partial charge on any atom is 0.417 e. The maximum atomic E-state index is 5.30. The second-order valence-electron chi connectivity index (χ2n) is 3.99. The molecule has 0 fully saturated rings. The number of hydrogen-bond donors (Lipinski definition) is 0. The predicted octanol–water partition coefficient (Wildman–Crippen LogP) is 0.321. The molecule has 0 rings (SSSR count). The standard InChI is InChI=1S/C10H23N2O2Si2/c1-9(16(13-6)14-7)8-15-10(11(2)3)12(4)5/h8,10H,1-7H3. The number of hydrogen-bond acceptors (Lipinski definition) is 4. The highest BCUT2D eigenvalue weighted by Gasteiger charge is 2.17. The molecule has 93 valence electrons. The third-order valence-corrected chi connectivity index (χ3v) is 5.87. The van der Waals surface area contributed by atoms with Gasteiger partial charge in [0.15, 0.2) is 0 Å². The van der Waals surface area contributed by atoms with Gasteiger partial charge < -0.3 is 8.85 Å². The summed E-state index contributed by atoms with van der Waals surface area (Å²) in [6.07, 6.45) is 0. The molecule has 0 amide bonds. The Hall–Kier alpha value is 0.0138. The first-order chi connectivity index (χ1) is 7.43. The first kappa shape index (κ1) is 16.0. The van der Waals surface area contributed by atoms with E-state index in [1.807, 2.05) is 0 Å². The summed E-state index contributed by atoms with van der Waals surface area (Å²) < 4.78 is 10.6. The Labute approximate surface area is 104 Å². The van der Waals surface area contributed by atoms with Crippen LogP contribution in [-0.2, 0) is 8.85 Å². The normalized spacial score (nSPS) is 13.6. The molecular formula is C10H23N2O2Si2. The molecular weight excluding hydrogens is 236 g/mol. The maximum absolute atomic E-state index is 5.30. The summed E-state index contributed by atoms with van der Waals surface area (Å²) in [5.41, 5.74) is 2.24. The van der Waals surface area contributed by atoms with Gasteiger partial charge in [-0.05, 0) is 40.3 Å². The second-order valence-corrected chi connectivity index (χ2v) is 7.31. The molecule has 0 unspecified atom stereocenters. The summed E-state index contributed by atoms with van der Waals surface area (Å²) in [5, 5.41) is 1.22. The van der Waals surface area contributed by atoms with Gasteiger partial charge in [-0.1, -0.05) is 5.70 Å². The first-order valence-electron chi connectivity index (χ1n) is 5.15. The molecule has 0 N–H and O–H groups in total. The first-order valence-corrected chi connectivity index (χ1v) is 7.62. The number of rotatable bonds is 7. The summed E-state index contributed by atoms with van der Waals surface area (Å²) in [7, 11) is 11.3. The zero-order valence-electron chi connectivity index (χ0n) is 11.4. The molecule has 0 aromatic rings. The molecule has 0 aliphatic heterocycles. The lowest BCUT2D eigenvalue weighted by atomic mass is 10.7. The lowest BCUT2D eigenvalue weighted by molar-refractivity contribution is 0.202. The van der Waals surface area contributed by atoms with Crippen LogP contribution in [0, 0.1) is 0 Å². The lowest BCUT2D eigenvalue weighted by Crippen LogP contribution is -2.44. The summed E-state index contributed by atoms with van der Waals surface area (Å²) in [6.45, 7) is 2.08. The van der Waals surface area contributed by atoms with E-state index in [0.717, 1.165) is 9.52 Å². The van der Waals surface area contributed by atoms with Gasteiger partial charge in [-0.3, -0.25) is 9.80 Å². The van der Waals surface area contributed by atoms with Crippen molar-refractivity contribution in [2.75, 3.05) is 42.4 Å². The van der Waals surface area contributed by atoms with E-state index in [4.69, 9.17) is 8.85 Å². The number of nitrogens with zero attached hydrogens (tertiary/aromatic N) is 2. The van der Waals surface area contributed by atoms with Gasteiger partial charge in [0, 0.05) is 14.2 Å². The molecule has 0 aliphatic carbocycles. The highest BCUT2D eigenvalue weighted by Crippen LogP contribution is 2.03. The molecule has 0 spiro atoms. The molecule has 0 aliphatic rings. The molecule has 0 saturated carbocycles. The molecule has 16 heavy (non-hydrogen) atoms. The van der Waals surface area contributed by atoms with Gasteiger partial charge in [-0.25, -0.2) is 0 Å². The topological polar surface area (TPSA) is 24.9 Å². The van der Waals surface area contributed by atoms with Gasteiger partial charge in [-0.2, -0.15) is 0 Å². The summed E-state index contributed by atoms with van der Waals surface area (Å²) >= 11 is 0. The average molecular weight is 259 g/mol. The van der Waals surface area contributed by atoms with E-state index in [-0.39, 0.29) is 0 Å². The van der Waals surface area contributed by atoms with Crippen LogP contribution in [0.3, 0.4) is 0 Å². The van der Waals surface area contributed by atoms with E-state index < -0.39 is 9.28 Å². The quantitative estimate of drug-likeness (QED) is 0.486. The summed E-state index contributed by atoms with van der Waals surface area (Å²) in [5.74, 6) is 0.437. The van der Waals surface area contributed by atoms with Crippen molar-refractivity contribution in [3.8, 4) is 0 Å². The third kappa shape index (κ3) is 5.37. The van der Waals surface area contributed by atoms with E-state index in [1.165, 1.54) is 5.20 Å². The Bertz CT molecular complexity index is 211. The molecule has 6 heteroatoms. The fourth-order valence-electron chi connectivity index (χ4n) is 1.42. The fraction of sp³-hybridized carbons (Fsp3) is 0.800. The molecule has 0 bridgehead atoms. The van der Waals surface area contributed by atoms with Crippen molar-refractivity contribution in [3.05, 3.63) is 10.9 Å². The molecule has 0 saturated heterocycles. The van der Waals surface area contributed by atoms with Crippen LogP contribution in [0.15, 0.2) is 10.9 Å². The lowest BCUT2D eigenvalue weighted by Gasteiger charge is -2.29. The van der Waals surface area contributed by atoms with Crippen molar-refractivity contribution in [2.24, 2.45) is 0 Å². The van der Waals surface area contributed by atoms with Crippen LogP contribution in [0.4, 0.5) is 0 Å². The monoisotopic (exact) mass is 259 g/mol. The summed E-state index contributed by atoms with van der Waals surface area (Å²) in [4.78, 5) is 4.43. The molecule has 3 radical (unpaired) electrons. The van der Waals surface area contributed by atoms with Crippen LogP contribution in [0.5, 0.6) is 0 Å². The van der Waals surface area contributed by atoms with Crippen LogP contribution in [0.25, 0.3) is 0 Å². The van der Waals surface area contributed by atoms with Gasteiger partial charge in [0.1, 0.15) is 9.52 Å². The average Bonchev–Trinajstić information content (AvgIpc) is 2.18. The van der Waals surface area contributed by atoms with Crippen LogP contribution < -0.4 is 0 Å². The van der Waals surface area contributed by atoms with Crippen LogP contribution in [0.2, 0.25) is 0 Å². The van der Waals surface area contributed by atoms with Crippen molar-refractivity contribution in [1.82, 2.24) is 9.80 Å². The molecule has 4 nitrogen and oxygen atoms in total. The molecule has 0 heterocycles. The van der Waals surface area contributed by atoms with E-state index in [0.29, 0.717) is 5.79 Å². The Morgan fingerprint density at radius 2 is 1.56 bits per heavy atom. The van der Waals surface area contributed by atoms with Gasteiger partial charge in [0.25, 0.3) is 0 Å². The largest absolute Gasteiger partial charge is 0.417 e. The third-order valence-electron chi connectivity index (χ3n) is 2.12. The van der Waals surface area contributed by atoms with Crippen LogP contribution >= 0.6 is 0 Å². The highest BCUT2D eigenvalue weighted by molar-refractivity contribution is 6.57. The zero-order valence-corrected chi connectivity index (χ0v) is 13.4. The van der Waals surface area contributed by atoms with Gasteiger partial charge in [0.05, 0.1) is 5.79 Å². The van der Waals surface area contributed by atoms with Crippen molar-refractivity contribution >= 4 is 18.8 Å².